The van der Waals surface area contributed by atoms with E-state index >= 15 is 0 Å². The number of hydrogen-bond acceptors (Lipinski definition) is 1. The van der Waals surface area contributed by atoms with Crippen LogP contribution in [-0.2, 0) is 4.74 Å². The van der Waals surface area contributed by atoms with E-state index in [0.29, 0.717) is 12.0 Å². The maximum atomic E-state index is 5.83. The molecule has 66 valence electrons. The van der Waals surface area contributed by atoms with Crippen LogP contribution in [0.3, 0.4) is 0 Å². The van der Waals surface area contributed by atoms with E-state index in [1.807, 2.05) is 0 Å². The number of epoxide rings is 1. The lowest BCUT2D eigenvalue weighted by Gasteiger charge is -2.03. The van der Waals surface area contributed by atoms with Crippen molar-refractivity contribution >= 4 is 23.2 Å². The average molecular weight is 197 g/mol. The predicted molar refractivity (Wildman–Crippen MR) is 48.6 cm³/mol. The Hall–Kier alpha value is 0.540. The number of unbranched alkanes of at least 4 members (excludes halogenated alkanes) is 1. The van der Waals surface area contributed by atoms with Crippen LogP contribution in [-0.4, -0.2) is 24.0 Å². The van der Waals surface area contributed by atoms with Crippen molar-refractivity contribution in [2.75, 3.05) is 12.5 Å². The Labute approximate surface area is 78.0 Å². The monoisotopic (exact) mass is 196 g/mol. The summed E-state index contributed by atoms with van der Waals surface area (Å²) < 4.78 is 5.08. The normalized spacial score (nSPS) is 25.1. The van der Waals surface area contributed by atoms with Gasteiger partial charge in [-0.05, 0) is 12.8 Å². The molecule has 0 radical (unpaired) electrons. The second kappa shape index (κ2) is 5.23. The van der Waals surface area contributed by atoms with Gasteiger partial charge in [-0.25, -0.2) is 0 Å². The molecule has 0 N–H and O–H groups in total. The maximum absolute atomic E-state index is 5.83. The molecule has 0 aromatic carbocycles. The first kappa shape index (κ1) is 9.63. The Bertz CT molecular complexity index is 104. The second-order valence-electron chi connectivity index (χ2n) is 2.99. The van der Waals surface area contributed by atoms with Crippen LogP contribution in [0.2, 0.25) is 0 Å². The Morgan fingerprint density at radius 3 is 2.73 bits per heavy atom. The van der Waals surface area contributed by atoms with Crippen molar-refractivity contribution in [1.29, 1.82) is 0 Å². The molecular weight excluding hydrogens is 183 g/mol. The van der Waals surface area contributed by atoms with Gasteiger partial charge in [-0.15, -0.1) is 23.2 Å². The third-order valence-electron chi connectivity index (χ3n) is 1.86. The summed E-state index contributed by atoms with van der Waals surface area (Å²) in [5, 5.41) is 0.164. The molecule has 0 aromatic heterocycles. The molecule has 2 atom stereocenters. The molecule has 11 heavy (non-hydrogen) atoms. The topological polar surface area (TPSA) is 12.5 Å². The first-order chi connectivity index (χ1) is 5.33. The third kappa shape index (κ3) is 4.89. The van der Waals surface area contributed by atoms with Crippen LogP contribution in [0.15, 0.2) is 0 Å². The van der Waals surface area contributed by atoms with Gasteiger partial charge in [0.1, 0.15) is 0 Å². The molecule has 1 saturated heterocycles. The van der Waals surface area contributed by atoms with E-state index in [1.54, 1.807) is 0 Å². The summed E-state index contributed by atoms with van der Waals surface area (Å²) in [6.07, 6.45) is 5.22. The van der Waals surface area contributed by atoms with E-state index in [1.165, 1.54) is 19.3 Å². The molecule has 0 amide bonds. The van der Waals surface area contributed by atoms with E-state index < -0.39 is 0 Å². The maximum Gasteiger partial charge on any atom is 0.0810 e. The Kier molecular flexibility index (Phi) is 4.58. The molecule has 1 fully saturated rings. The summed E-state index contributed by atoms with van der Waals surface area (Å²) in [6.45, 7) is 0.972. The highest BCUT2D eigenvalue weighted by Crippen LogP contribution is 2.18. The second-order valence-corrected chi connectivity index (χ2v) is 3.92. The average Bonchev–Trinajstić information content (AvgIpc) is 2.81. The number of rotatable bonds is 6. The van der Waals surface area contributed by atoms with Crippen molar-refractivity contribution in [2.45, 2.75) is 37.2 Å². The summed E-state index contributed by atoms with van der Waals surface area (Å²) in [6, 6.07) is 0. The molecular formula is C8H14Cl2O. The fourth-order valence-corrected chi connectivity index (χ4v) is 1.36. The molecule has 0 aliphatic carbocycles. The molecule has 3 heteroatoms. The zero-order valence-corrected chi connectivity index (χ0v) is 8.07. The number of ether oxygens (including phenoxy) is 1. The van der Waals surface area contributed by atoms with Crippen molar-refractivity contribution in [3.63, 3.8) is 0 Å². The lowest BCUT2D eigenvalue weighted by Crippen LogP contribution is -1.99. The first-order valence-corrected chi connectivity index (χ1v) is 5.11. The molecule has 1 aliphatic rings. The van der Waals surface area contributed by atoms with E-state index in [9.17, 15) is 0 Å². The summed E-state index contributed by atoms with van der Waals surface area (Å²) in [5.41, 5.74) is 0. The van der Waals surface area contributed by atoms with Crippen molar-refractivity contribution in [3.8, 4) is 0 Å². The first-order valence-electron chi connectivity index (χ1n) is 4.14. The van der Waals surface area contributed by atoms with Gasteiger partial charge in [0.25, 0.3) is 0 Å². The van der Waals surface area contributed by atoms with Crippen LogP contribution >= 0.6 is 23.2 Å². The van der Waals surface area contributed by atoms with Crippen LogP contribution in [0.25, 0.3) is 0 Å². The minimum atomic E-state index is 0.164. The largest absolute Gasteiger partial charge is 0.373 e. The van der Waals surface area contributed by atoms with Crippen LogP contribution in [0.5, 0.6) is 0 Å². The van der Waals surface area contributed by atoms with Crippen molar-refractivity contribution in [3.05, 3.63) is 0 Å². The molecule has 1 heterocycles. The van der Waals surface area contributed by atoms with Gasteiger partial charge in [-0.3, -0.25) is 0 Å². The van der Waals surface area contributed by atoms with Crippen molar-refractivity contribution in [2.24, 2.45) is 0 Å². The summed E-state index contributed by atoms with van der Waals surface area (Å²) in [4.78, 5) is 0. The van der Waals surface area contributed by atoms with Crippen molar-refractivity contribution < 1.29 is 4.74 Å². The van der Waals surface area contributed by atoms with Crippen LogP contribution in [0, 0.1) is 0 Å². The standard InChI is InChI=1S/C8H14Cl2O/c9-5-7(10)3-1-2-4-8-6-11-8/h7-8H,1-6H2/t7-,8+/m1/s1. The fraction of sp³-hybridized carbons (Fsp3) is 1.00. The lowest BCUT2D eigenvalue weighted by atomic mass is 10.1. The summed E-state index contributed by atoms with van der Waals surface area (Å²) >= 11 is 11.4. The van der Waals surface area contributed by atoms with Crippen LogP contribution in [0.1, 0.15) is 25.7 Å². The Balaban J connectivity index is 1.79. The molecule has 0 spiro atoms. The van der Waals surface area contributed by atoms with E-state index in [0.717, 1.165) is 13.0 Å². The zero-order chi connectivity index (χ0) is 8.10. The Morgan fingerprint density at radius 1 is 1.45 bits per heavy atom. The molecule has 0 saturated carbocycles. The van der Waals surface area contributed by atoms with Gasteiger partial charge in [-0.1, -0.05) is 12.8 Å². The number of alkyl halides is 2. The zero-order valence-electron chi connectivity index (χ0n) is 6.56. The van der Waals surface area contributed by atoms with E-state index in [4.69, 9.17) is 27.9 Å². The molecule has 1 rings (SSSR count). The number of halogens is 2. The van der Waals surface area contributed by atoms with E-state index in [2.05, 4.69) is 0 Å². The summed E-state index contributed by atoms with van der Waals surface area (Å²) in [5.74, 6) is 0.571. The predicted octanol–water partition coefficient (Wildman–Crippen LogP) is 2.79. The SMILES string of the molecule is ClC[C@H](Cl)CCCC[C@H]1CO1. The molecule has 0 bridgehead atoms. The quantitative estimate of drug-likeness (QED) is 0.362. The van der Waals surface area contributed by atoms with Crippen LogP contribution in [0.4, 0.5) is 0 Å². The molecule has 0 unspecified atom stereocenters. The minimum Gasteiger partial charge on any atom is -0.373 e. The van der Waals surface area contributed by atoms with Crippen LogP contribution < -0.4 is 0 Å². The lowest BCUT2D eigenvalue weighted by molar-refractivity contribution is 0.388. The molecule has 1 nitrogen and oxygen atoms in total. The number of hydrogen-bond donors (Lipinski definition) is 0. The summed E-state index contributed by atoms with van der Waals surface area (Å²) in [7, 11) is 0. The van der Waals surface area contributed by atoms with E-state index in [-0.39, 0.29) is 5.38 Å². The highest BCUT2D eigenvalue weighted by Gasteiger charge is 2.21. The van der Waals surface area contributed by atoms with Gasteiger partial charge in [0.05, 0.1) is 12.7 Å². The smallest absolute Gasteiger partial charge is 0.0810 e. The van der Waals surface area contributed by atoms with Gasteiger partial charge in [0, 0.05) is 11.3 Å². The third-order valence-corrected chi connectivity index (χ3v) is 2.77. The molecule has 1 aliphatic heterocycles. The highest BCUT2D eigenvalue weighted by molar-refractivity contribution is 6.28. The van der Waals surface area contributed by atoms with Gasteiger partial charge < -0.3 is 4.74 Å². The van der Waals surface area contributed by atoms with Gasteiger partial charge >= 0.3 is 0 Å². The van der Waals surface area contributed by atoms with Gasteiger partial charge in [0.2, 0.25) is 0 Å². The minimum absolute atomic E-state index is 0.164. The van der Waals surface area contributed by atoms with Gasteiger partial charge in [0.15, 0.2) is 0 Å². The Morgan fingerprint density at radius 2 is 2.18 bits per heavy atom. The highest BCUT2D eigenvalue weighted by atomic mass is 35.5. The van der Waals surface area contributed by atoms with Crippen molar-refractivity contribution in [1.82, 2.24) is 0 Å². The van der Waals surface area contributed by atoms with Gasteiger partial charge in [-0.2, -0.15) is 0 Å². The fourth-order valence-electron chi connectivity index (χ4n) is 1.05. The molecule has 0 aromatic rings.